The Balaban J connectivity index is 1.12. The van der Waals surface area contributed by atoms with Gasteiger partial charge in [-0.25, -0.2) is 19.4 Å². The molecule has 0 atom stereocenters. The van der Waals surface area contributed by atoms with Crippen molar-refractivity contribution in [2.45, 2.75) is 38.1 Å². The van der Waals surface area contributed by atoms with Crippen molar-refractivity contribution in [3.05, 3.63) is 72.4 Å². The highest BCUT2D eigenvalue weighted by atomic mass is 16.5. The van der Waals surface area contributed by atoms with Crippen molar-refractivity contribution in [3.63, 3.8) is 0 Å². The molecule has 0 radical (unpaired) electrons. The smallest absolute Gasteiger partial charge is 0.318 e. The number of piperidine rings is 1. The maximum atomic E-state index is 13.0. The number of morpholine rings is 1. The number of ketones is 1. The van der Waals surface area contributed by atoms with Gasteiger partial charge in [-0.1, -0.05) is 36.4 Å². The van der Waals surface area contributed by atoms with Crippen LogP contribution in [0, 0.1) is 0 Å². The van der Waals surface area contributed by atoms with E-state index in [-0.39, 0.29) is 23.8 Å². The first-order valence-electron chi connectivity index (χ1n) is 16.2. The Morgan fingerprint density at radius 2 is 1.68 bits per heavy atom. The summed E-state index contributed by atoms with van der Waals surface area (Å²) in [5, 5.41) is 11.0. The Labute approximate surface area is 273 Å². The molecule has 6 rings (SSSR count). The number of hydrogen-bond acceptors (Lipinski definition) is 8. The largest absolute Gasteiger partial charge is 0.378 e. The SMILES string of the molecule is CNC(=O)Nc1ccc(-c2nc(N3CCOCC3)c3cnn(C4CCN(C(=O)CCCC(=O)C=Cc5ccccc5)CC4)c3n2)cc1. The number of nitrogens with one attached hydrogen (secondary N) is 2. The van der Waals surface area contributed by atoms with Crippen molar-refractivity contribution in [3.8, 4) is 11.4 Å². The molecule has 12 nitrogen and oxygen atoms in total. The van der Waals surface area contributed by atoms with Crippen LogP contribution in [0.2, 0.25) is 0 Å². The molecule has 2 saturated heterocycles. The monoisotopic (exact) mass is 636 g/mol. The fraction of sp³-hybridized carbons (Fsp3) is 0.371. The Morgan fingerprint density at radius 3 is 2.40 bits per heavy atom. The number of fused-ring (bicyclic) bond motifs is 1. The molecule has 47 heavy (non-hydrogen) atoms. The Hall–Kier alpha value is -5.10. The average molecular weight is 637 g/mol. The van der Waals surface area contributed by atoms with Crippen LogP contribution in [0.3, 0.4) is 0 Å². The van der Waals surface area contributed by atoms with Gasteiger partial charge in [0.05, 0.1) is 30.8 Å². The Morgan fingerprint density at radius 1 is 0.936 bits per heavy atom. The third kappa shape index (κ3) is 7.83. The summed E-state index contributed by atoms with van der Waals surface area (Å²) in [6, 6.07) is 17.0. The van der Waals surface area contributed by atoms with Crippen LogP contribution in [0.1, 0.15) is 43.7 Å². The van der Waals surface area contributed by atoms with Gasteiger partial charge in [-0.3, -0.25) is 9.59 Å². The first-order chi connectivity index (χ1) is 23.0. The predicted molar refractivity (Wildman–Crippen MR) is 181 cm³/mol. The first-order valence-corrected chi connectivity index (χ1v) is 16.2. The molecule has 0 unspecified atom stereocenters. The summed E-state index contributed by atoms with van der Waals surface area (Å²) in [6.07, 6.45) is 8.02. The van der Waals surface area contributed by atoms with Gasteiger partial charge in [0.25, 0.3) is 0 Å². The summed E-state index contributed by atoms with van der Waals surface area (Å²) in [6.45, 7) is 3.95. The van der Waals surface area contributed by atoms with Crippen LogP contribution in [0.25, 0.3) is 28.5 Å². The molecule has 2 aliphatic heterocycles. The quantitative estimate of drug-likeness (QED) is 0.239. The van der Waals surface area contributed by atoms with Crippen LogP contribution >= 0.6 is 0 Å². The van der Waals surface area contributed by atoms with E-state index in [0.29, 0.717) is 57.1 Å². The van der Waals surface area contributed by atoms with Gasteiger partial charge in [-0.05, 0) is 55.2 Å². The zero-order valence-electron chi connectivity index (χ0n) is 26.6. The summed E-state index contributed by atoms with van der Waals surface area (Å²) in [7, 11) is 1.57. The molecule has 2 fully saturated rings. The van der Waals surface area contributed by atoms with Gasteiger partial charge in [-0.2, -0.15) is 5.10 Å². The number of rotatable bonds is 10. The molecule has 0 aliphatic carbocycles. The number of hydrogen-bond donors (Lipinski definition) is 2. The van der Waals surface area contributed by atoms with Crippen LogP contribution in [0.15, 0.2) is 66.9 Å². The maximum Gasteiger partial charge on any atom is 0.318 e. The fourth-order valence-corrected chi connectivity index (χ4v) is 5.99. The Kier molecular flexibility index (Phi) is 10.2. The summed E-state index contributed by atoms with van der Waals surface area (Å²) in [4.78, 5) is 51.2. The Bertz CT molecular complexity index is 1720. The number of carbonyl (C=O) groups is 3. The third-order valence-corrected chi connectivity index (χ3v) is 8.61. The highest BCUT2D eigenvalue weighted by molar-refractivity contribution is 5.94. The molecule has 0 saturated carbocycles. The summed E-state index contributed by atoms with van der Waals surface area (Å²) in [5.74, 6) is 1.52. The predicted octanol–water partition coefficient (Wildman–Crippen LogP) is 4.70. The number of benzene rings is 2. The molecule has 12 heteroatoms. The van der Waals surface area contributed by atoms with Gasteiger partial charge in [0.2, 0.25) is 5.91 Å². The minimum Gasteiger partial charge on any atom is -0.378 e. The summed E-state index contributed by atoms with van der Waals surface area (Å²) >= 11 is 0. The number of amides is 3. The van der Waals surface area contributed by atoms with E-state index < -0.39 is 0 Å². The summed E-state index contributed by atoms with van der Waals surface area (Å²) < 4.78 is 7.59. The van der Waals surface area contributed by atoms with Crippen LogP contribution in [-0.4, -0.2) is 88.8 Å². The van der Waals surface area contributed by atoms with Crippen molar-refractivity contribution in [2.24, 2.45) is 0 Å². The van der Waals surface area contributed by atoms with Gasteiger partial charge in [0.1, 0.15) is 5.82 Å². The van der Waals surface area contributed by atoms with Gasteiger partial charge in [0.15, 0.2) is 17.3 Å². The molecule has 2 aromatic heterocycles. The molecule has 0 spiro atoms. The van der Waals surface area contributed by atoms with E-state index in [4.69, 9.17) is 19.8 Å². The molecule has 244 valence electrons. The minimum absolute atomic E-state index is 0.0280. The molecule has 2 N–H and O–H groups in total. The van der Waals surface area contributed by atoms with Crippen LogP contribution in [0.5, 0.6) is 0 Å². The highest BCUT2D eigenvalue weighted by Gasteiger charge is 2.28. The zero-order valence-corrected chi connectivity index (χ0v) is 26.6. The highest BCUT2D eigenvalue weighted by Crippen LogP contribution is 2.32. The van der Waals surface area contributed by atoms with E-state index in [1.165, 1.54) is 0 Å². The lowest BCUT2D eigenvalue weighted by Gasteiger charge is -2.32. The van der Waals surface area contributed by atoms with Crippen molar-refractivity contribution in [1.29, 1.82) is 0 Å². The van der Waals surface area contributed by atoms with E-state index in [1.54, 1.807) is 13.1 Å². The number of allylic oxidation sites excluding steroid dienone is 1. The molecule has 4 aromatic rings. The number of urea groups is 1. The third-order valence-electron chi connectivity index (χ3n) is 8.61. The molecule has 3 amide bonds. The average Bonchev–Trinajstić information content (AvgIpc) is 3.55. The van der Waals surface area contributed by atoms with Gasteiger partial charge >= 0.3 is 6.03 Å². The van der Waals surface area contributed by atoms with Gasteiger partial charge in [0, 0.05) is 57.3 Å². The van der Waals surface area contributed by atoms with Crippen molar-refractivity contribution in [2.75, 3.05) is 56.7 Å². The van der Waals surface area contributed by atoms with Gasteiger partial charge in [-0.15, -0.1) is 0 Å². The number of anilines is 2. The fourth-order valence-electron chi connectivity index (χ4n) is 5.99. The van der Waals surface area contributed by atoms with Crippen molar-refractivity contribution in [1.82, 2.24) is 30.0 Å². The normalized spacial score (nSPS) is 15.7. The number of likely N-dealkylation sites (tertiary alicyclic amines) is 1. The minimum atomic E-state index is -0.288. The van der Waals surface area contributed by atoms with Crippen LogP contribution < -0.4 is 15.5 Å². The zero-order chi connectivity index (χ0) is 32.6. The molecule has 4 heterocycles. The first kappa shape index (κ1) is 31.9. The molecular formula is C35H40N8O4. The van der Waals surface area contributed by atoms with E-state index in [0.717, 1.165) is 53.9 Å². The summed E-state index contributed by atoms with van der Waals surface area (Å²) in [5.41, 5.74) is 3.23. The van der Waals surface area contributed by atoms with E-state index in [9.17, 15) is 14.4 Å². The van der Waals surface area contributed by atoms with E-state index >= 15 is 0 Å². The number of aromatic nitrogens is 4. The van der Waals surface area contributed by atoms with Crippen molar-refractivity contribution >= 4 is 46.3 Å². The van der Waals surface area contributed by atoms with E-state index in [1.807, 2.05) is 76.5 Å². The standard InChI is InChI=1S/C35H40N8O4/c1-36-35(46)38-27-13-11-26(12-14-27)32-39-33(42-20-22-47-23-21-42)30-24-37-43(34(30)40-32)28-16-18-41(19-17-28)31(45)9-5-8-29(44)15-10-25-6-3-2-4-7-25/h2-4,6-7,10-15,24,28H,5,8-9,16-23H2,1H3,(H2,36,38,46). The maximum absolute atomic E-state index is 13.0. The topological polar surface area (TPSA) is 135 Å². The lowest BCUT2D eigenvalue weighted by atomic mass is 10.0. The second-order valence-electron chi connectivity index (χ2n) is 11.8. The second-order valence-corrected chi connectivity index (χ2v) is 11.8. The number of ether oxygens (including phenoxy) is 1. The van der Waals surface area contributed by atoms with Crippen molar-refractivity contribution < 1.29 is 19.1 Å². The molecule has 2 aromatic carbocycles. The molecule has 0 bridgehead atoms. The second kappa shape index (κ2) is 15.0. The molecule has 2 aliphatic rings. The van der Waals surface area contributed by atoms with Gasteiger partial charge < -0.3 is 25.2 Å². The lowest BCUT2D eigenvalue weighted by molar-refractivity contribution is -0.132. The van der Waals surface area contributed by atoms with Crippen LogP contribution in [0.4, 0.5) is 16.3 Å². The number of carbonyl (C=O) groups excluding carboxylic acids is 3. The molecular weight excluding hydrogens is 596 g/mol. The number of nitrogens with zero attached hydrogens (tertiary/aromatic N) is 6. The van der Waals surface area contributed by atoms with Crippen LogP contribution in [-0.2, 0) is 14.3 Å². The lowest BCUT2D eigenvalue weighted by Crippen LogP contribution is -2.39. The van der Waals surface area contributed by atoms with E-state index in [2.05, 4.69) is 15.5 Å².